The summed E-state index contributed by atoms with van der Waals surface area (Å²) in [6, 6.07) is 5.85. The van der Waals surface area contributed by atoms with E-state index in [9.17, 15) is 9.59 Å². The second-order valence-corrected chi connectivity index (χ2v) is 9.86. The molecule has 0 unspecified atom stereocenters. The maximum absolute atomic E-state index is 12.3. The lowest BCUT2D eigenvalue weighted by Crippen LogP contribution is -2.22. The Bertz CT molecular complexity index is 1130. The molecule has 1 aromatic carbocycles. The van der Waals surface area contributed by atoms with Crippen LogP contribution in [-0.2, 0) is 32.8 Å². The SMILES string of the molecule is CC(=O)N(c1ccc(C)c(C)c1)c1nc(COC(=O)CCCc2nc(C(C)(C)C)no2)cs1. The van der Waals surface area contributed by atoms with E-state index in [0.29, 0.717) is 35.4 Å². The predicted octanol–water partition coefficient (Wildman–Crippen LogP) is 5.19. The van der Waals surface area contributed by atoms with Crippen LogP contribution in [0.5, 0.6) is 0 Å². The zero-order valence-corrected chi connectivity index (χ0v) is 20.8. The molecule has 0 aliphatic rings. The van der Waals surface area contributed by atoms with Gasteiger partial charge in [-0.25, -0.2) is 4.98 Å². The van der Waals surface area contributed by atoms with Gasteiger partial charge < -0.3 is 9.26 Å². The van der Waals surface area contributed by atoms with Crippen molar-refractivity contribution in [3.63, 3.8) is 0 Å². The second kappa shape index (κ2) is 10.2. The molecule has 3 aromatic rings. The number of aryl methyl sites for hydroxylation is 3. The summed E-state index contributed by atoms with van der Waals surface area (Å²) in [5.74, 6) is 0.719. The van der Waals surface area contributed by atoms with Crippen molar-refractivity contribution in [2.24, 2.45) is 0 Å². The molecule has 0 fully saturated rings. The molecule has 0 atom stereocenters. The van der Waals surface area contributed by atoms with E-state index in [1.54, 1.807) is 10.3 Å². The number of carbonyl (C=O) groups is 2. The number of anilines is 2. The first kappa shape index (κ1) is 24.6. The molecule has 176 valence electrons. The van der Waals surface area contributed by atoms with Gasteiger partial charge in [-0.3, -0.25) is 14.5 Å². The first-order valence-electron chi connectivity index (χ1n) is 10.9. The predicted molar refractivity (Wildman–Crippen MR) is 127 cm³/mol. The lowest BCUT2D eigenvalue weighted by molar-refractivity contribution is -0.145. The summed E-state index contributed by atoms with van der Waals surface area (Å²) < 4.78 is 10.6. The summed E-state index contributed by atoms with van der Waals surface area (Å²) in [5, 5.41) is 6.33. The van der Waals surface area contributed by atoms with Crippen LogP contribution in [0.25, 0.3) is 0 Å². The number of hydrogen-bond acceptors (Lipinski definition) is 8. The molecule has 8 nitrogen and oxygen atoms in total. The number of rotatable bonds is 8. The van der Waals surface area contributed by atoms with Crippen molar-refractivity contribution < 1.29 is 18.8 Å². The molecular weight excluding hydrogens is 440 g/mol. The molecule has 3 rings (SSSR count). The fourth-order valence-corrected chi connectivity index (χ4v) is 3.90. The lowest BCUT2D eigenvalue weighted by Gasteiger charge is -2.19. The fourth-order valence-electron chi connectivity index (χ4n) is 3.03. The average molecular weight is 471 g/mol. The van der Waals surface area contributed by atoms with E-state index in [1.807, 2.05) is 52.8 Å². The third-order valence-corrected chi connectivity index (χ3v) is 5.96. The van der Waals surface area contributed by atoms with Crippen molar-refractivity contribution in [3.05, 3.63) is 52.1 Å². The van der Waals surface area contributed by atoms with Crippen LogP contribution in [0.1, 0.15) is 69.1 Å². The average Bonchev–Trinajstić information content (AvgIpc) is 3.39. The highest BCUT2D eigenvalue weighted by Gasteiger charge is 2.21. The van der Waals surface area contributed by atoms with E-state index in [2.05, 4.69) is 15.1 Å². The van der Waals surface area contributed by atoms with Crippen molar-refractivity contribution in [1.29, 1.82) is 0 Å². The maximum Gasteiger partial charge on any atom is 0.306 e. The van der Waals surface area contributed by atoms with Gasteiger partial charge >= 0.3 is 5.97 Å². The minimum absolute atomic E-state index is 0.0583. The van der Waals surface area contributed by atoms with Crippen molar-refractivity contribution in [2.75, 3.05) is 4.90 Å². The van der Waals surface area contributed by atoms with Crippen molar-refractivity contribution in [2.45, 2.75) is 72.8 Å². The van der Waals surface area contributed by atoms with Gasteiger partial charge in [0.05, 0.1) is 11.4 Å². The minimum Gasteiger partial charge on any atom is -0.459 e. The van der Waals surface area contributed by atoms with E-state index < -0.39 is 0 Å². The number of hydrogen-bond donors (Lipinski definition) is 0. The molecule has 0 saturated heterocycles. The van der Waals surface area contributed by atoms with Crippen LogP contribution in [-0.4, -0.2) is 27.0 Å². The third kappa shape index (κ3) is 6.47. The highest BCUT2D eigenvalue weighted by molar-refractivity contribution is 7.14. The van der Waals surface area contributed by atoms with Crippen LogP contribution < -0.4 is 4.90 Å². The van der Waals surface area contributed by atoms with Crippen LogP contribution in [0.3, 0.4) is 0 Å². The van der Waals surface area contributed by atoms with E-state index >= 15 is 0 Å². The van der Waals surface area contributed by atoms with Crippen LogP contribution in [0, 0.1) is 13.8 Å². The largest absolute Gasteiger partial charge is 0.459 e. The normalized spacial score (nSPS) is 11.5. The summed E-state index contributed by atoms with van der Waals surface area (Å²) in [6.07, 6.45) is 1.31. The molecule has 0 spiro atoms. The first-order valence-corrected chi connectivity index (χ1v) is 11.7. The summed E-state index contributed by atoms with van der Waals surface area (Å²) in [6.45, 7) is 11.6. The molecular formula is C24H30N4O4S. The van der Waals surface area contributed by atoms with Gasteiger partial charge in [-0.1, -0.05) is 32.0 Å². The molecule has 0 N–H and O–H groups in total. The minimum atomic E-state index is -0.322. The van der Waals surface area contributed by atoms with E-state index in [-0.39, 0.29) is 30.3 Å². The second-order valence-electron chi connectivity index (χ2n) is 9.02. The molecule has 0 bridgehead atoms. The number of benzene rings is 1. The van der Waals surface area contributed by atoms with Crippen molar-refractivity contribution >= 4 is 34.0 Å². The fraction of sp³-hybridized carbons (Fsp3) is 0.458. The summed E-state index contributed by atoms with van der Waals surface area (Å²) >= 11 is 1.34. The Balaban J connectivity index is 1.52. The Kier molecular flexibility index (Phi) is 7.63. The first-order chi connectivity index (χ1) is 15.5. The number of ether oxygens (including phenoxy) is 1. The molecule has 0 aliphatic carbocycles. The van der Waals surface area contributed by atoms with Gasteiger partial charge in [0.1, 0.15) is 6.61 Å². The van der Waals surface area contributed by atoms with E-state index in [1.165, 1.54) is 18.3 Å². The van der Waals surface area contributed by atoms with Crippen LogP contribution >= 0.6 is 11.3 Å². The number of nitrogens with zero attached hydrogens (tertiary/aromatic N) is 4. The van der Waals surface area contributed by atoms with Crippen molar-refractivity contribution in [3.8, 4) is 0 Å². The lowest BCUT2D eigenvalue weighted by atomic mass is 9.96. The number of carbonyl (C=O) groups excluding carboxylic acids is 2. The zero-order chi connectivity index (χ0) is 24.2. The molecule has 0 radical (unpaired) electrons. The van der Waals surface area contributed by atoms with Crippen LogP contribution in [0.4, 0.5) is 10.8 Å². The Labute approximate surface area is 198 Å². The molecule has 33 heavy (non-hydrogen) atoms. The Morgan fingerprint density at radius 2 is 1.91 bits per heavy atom. The monoisotopic (exact) mass is 470 g/mol. The third-order valence-electron chi connectivity index (χ3n) is 5.09. The van der Waals surface area contributed by atoms with Crippen molar-refractivity contribution in [1.82, 2.24) is 15.1 Å². The number of esters is 1. The zero-order valence-electron chi connectivity index (χ0n) is 20.0. The quantitative estimate of drug-likeness (QED) is 0.418. The molecule has 1 amide bonds. The van der Waals surface area contributed by atoms with Gasteiger partial charge in [0.2, 0.25) is 11.8 Å². The molecule has 0 aliphatic heterocycles. The Morgan fingerprint density at radius 3 is 2.55 bits per heavy atom. The molecule has 2 heterocycles. The highest BCUT2D eigenvalue weighted by Crippen LogP contribution is 2.30. The van der Waals surface area contributed by atoms with E-state index in [0.717, 1.165) is 16.8 Å². The standard InChI is InChI=1S/C24H30N4O4S/c1-15-10-11-19(12-16(15)2)28(17(3)29)23-25-18(14-33-23)13-31-21(30)9-7-8-20-26-22(27-32-20)24(4,5)6/h10-12,14H,7-9,13H2,1-6H3. The Morgan fingerprint density at radius 1 is 1.15 bits per heavy atom. The molecule has 9 heteroatoms. The topological polar surface area (TPSA) is 98.4 Å². The van der Waals surface area contributed by atoms with Crippen LogP contribution in [0.2, 0.25) is 0 Å². The number of aromatic nitrogens is 3. The summed E-state index contributed by atoms with van der Waals surface area (Å²) in [7, 11) is 0. The number of amides is 1. The number of thiazole rings is 1. The van der Waals surface area contributed by atoms with Gasteiger partial charge in [0, 0.05) is 30.6 Å². The molecule has 0 saturated carbocycles. The van der Waals surface area contributed by atoms with Crippen LogP contribution in [0.15, 0.2) is 28.1 Å². The Hall–Kier alpha value is -3.07. The summed E-state index contributed by atoms with van der Waals surface area (Å²) in [4.78, 5) is 34.9. The van der Waals surface area contributed by atoms with Gasteiger partial charge in [-0.2, -0.15) is 4.98 Å². The van der Waals surface area contributed by atoms with Gasteiger partial charge in [0.15, 0.2) is 11.0 Å². The smallest absolute Gasteiger partial charge is 0.306 e. The van der Waals surface area contributed by atoms with Gasteiger partial charge in [-0.05, 0) is 43.5 Å². The summed E-state index contributed by atoms with van der Waals surface area (Å²) in [5.41, 5.74) is 3.44. The highest BCUT2D eigenvalue weighted by atomic mass is 32.1. The molecule has 2 aromatic heterocycles. The van der Waals surface area contributed by atoms with Gasteiger partial charge in [-0.15, -0.1) is 11.3 Å². The van der Waals surface area contributed by atoms with E-state index in [4.69, 9.17) is 9.26 Å². The maximum atomic E-state index is 12.3. The van der Waals surface area contributed by atoms with Gasteiger partial charge in [0.25, 0.3) is 0 Å².